The summed E-state index contributed by atoms with van der Waals surface area (Å²) in [5.41, 5.74) is 3.83. The average molecular weight is 402 g/mol. The van der Waals surface area contributed by atoms with E-state index in [0.29, 0.717) is 48.8 Å². The van der Waals surface area contributed by atoms with Crippen LogP contribution in [0.1, 0.15) is 10.4 Å². The molecule has 1 aliphatic rings. The number of ether oxygens (including phenoxy) is 1. The first-order chi connectivity index (χ1) is 14.7. The van der Waals surface area contributed by atoms with E-state index in [1.807, 2.05) is 30.3 Å². The molecule has 150 valence electrons. The molecule has 0 atom stereocenters. The molecule has 1 N–H and O–H groups in total. The van der Waals surface area contributed by atoms with Crippen molar-refractivity contribution in [2.75, 3.05) is 26.3 Å². The van der Waals surface area contributed by atoms with Crippen molar-refractivity contribution in [1.29, 1.82) is 0 Å². The number of benzene rings is 2. The van der Waals surface area contributed by atoms with Crippen LogP contribution in [-0.2, 0) is 4.74 Å². The van der Waals surface area contributed by atoms with Gasteiger partial charge in [-0.05, 0) is 35.9 Å². The summed E-state index contributed by atoms with van der Waals surface area (Å²) in [5.74, 6) is -0.348. The first kappa shape index (κ1) is 18.4. The van der Waals surface area contributed by atoms with Crippen molar-refractivity contribution in [3.63, 3.8) is 0 Å². The smallest absolute Gasteiger partial charge is 0.254 e. The lowest BCUT2D eigenvalue weighted by Gasteiger charge is -2.27. The molecule has 5 rings (SSSR count). The van der Waals surface area contributed by atoms with Crippen LogP contribution in [0.15, 0.2) is 60.8 Å². The van der Waals surface area contributed by atoms with Crippen molar-refractivity contribution in [2.45, 2.75) is 0 Å². The number of fused-ring (bicyclic) bond motifs is 1. The zero-order chi connectivity index (χ0) is 20.5. The molecule has 6 nitrogen and oxygen atoms in total. The Kier molecular flexibility index (Phi) is 4.72. The minimum Gasteiger partial charge on any atom is -0.378 e. The number of carbonyl (C=O) groups is 1. The Hall–Kier alpha value is -3.58. The summed E-state index contributed by atoms with van der Waals surface area (Å²) in [6.45, 7) is 2.31. The van der Waals surface area contributed by atoms with Crippen molar-refractivity contribution in [2.24, 2.45) is 0 Å². The molecule has 1 saturated heterocycles. The first-order valence-corrected chi connectivity index (χ1v) is 9.77. The Balaban J connectivity index is 1.53. The minimum atomic E-state index is -0.339. The molecule has 1 amide bonds. The summed E-state index contributed by atoms with van der Waals surface area (Å²) in [6, 6.07) is 15.9. The van der Waals surface area contributed by atoms with Crippen LogP contribution in [0.5, 0.6) is 0 Å². The third kappa shape index (κ3) is 3.33. The number of nitrogens with zero attached hydrogens (tertiary/aromatic N) is 3. The molecule has 0 aliphatic carbocycles. The number of aromatic amines is 1. The lowest BCUT2D eigenvalue weighted by atomic mass is 10.0. The second kappa shape index (κ2) is 7.68. The number of nitrogens with one attached hydrogen (secondary N) is 1. The van der Waals surface area contributed by atoms with Gasteiger partial charge in [-0.3, -0.25) is 9.89 Å². The maximum absolute atomic E-state index is 14.3. The summed E-state index contributed by atoms with van der Waals surface area (Å²) >= 11 is 0. The Morgan fingerprint density at radius 1 is 1.03 bits per heavy atom. The van der Waals surface area contributed by atoms with Gasteiger partial charge in [0.25, 0.3) is 5.91 Å². The third-order valence-electron chi connectivity index (χ3n) is 5.29. The van der Waals surface area contributed by atoms with Crippen LogP contribution in [0.2, 0.25) is 0 Å². The second-order valence-corrected chi connectivity index (χ2v) is 7.16. The van der Waals surface area contributed by atoms with E-state index in [0.717, 1.165) is 16.5 Å². The topological polar surface area (TPSA) is 71.1 Å². The molecule has 0 unspecified atom stereocenters. The van der Waals surface area contributed by atoms with E-state index < -0.39 is 0 Å². The van der Waals surface area contributed by atoms with Gasteiger partial charge in [0.05, 0.1) is 13.2 Å². The number of rotatable bonds is 3. The zero-order valence-electron chi connectivity index (χ0n) is 16.1. The Morgan fingerprint density at radius 2 is 1.87 bits per heavy atom. The highest BCUT2D eigenvalue weighted by Crippen LogP contribution is 2.30. The molecular weight excluding hydrogens is 383 g/mol. The van der Waals surface area contributed by atoms with Gasteiger partial charge in [0, 0.05) is 41.4 Å². The van der Waals surface area contributed by atoms with Crippen molar-refractivity contribution < 1.29 is 13.9 Å². The third-order valence-corrected chi connectivity index (χ3v) is 5.29. The second-order valence-electron chi connectivity index (χ2n) is 7.16. The Morgan fingerprint density at radius 3 is 2.70 bits per heavy atom. The van der Waals surface area contributed by atoms with E-state index in [4.69, 9.17) is 4.74 Å². The van der Waals surface area contributed by atoms with Crippen LogP contribution in [0, 0.1) is 5.82 Å². The monoisotopic (exact) mass is 402 g/mol. The van der Waals surface area contributed by atoms with Gasteiger partial charge in [-0.2, -0.15) is 5.10 Å². The predicted octanol–water partition coefficient (Wildman–Crippen LogP) is 3.90. The highest BCUT2D eigenvalue weighted by molar-refractivity contribution is 5.97. The molecule has 7 heteroatoms. The van der Waals surface area contributed by atoms with Crippen LogP contribution in [0.3, 0.4) is 0 Å². The van der Waals surface area contributed by atoms with Gasteiger partial charge >= 0.3 is 0 Å². The van der Waals surface area contributed by atoms with E-state index in [2.05, 4.69) is 15.2 Å². The summed E-state index contributed by atoms with van der Waals surface area (Å²) in [4.78, 5) is 19.1. The van der Waals surface area contributed by atoms with E-state index in [1.165, 1.54) is 6.07 Å². The van der Waals surface area contributed by atoms with Gasteiger partial charge in [0.1, 0.15) is 11.5 Å². The average Bonchev–Trinajstić information content (AvgIpc) is 3.22. The summed E-state index contributed by atoms with van der Waals surface area (Å²) < 4.78 is 19.6. The summed E-state index contributed by atoms with van der Waals surface area (Å²) in [6.07, 6.45) is 1.73. The van der Waals surface area contributed by atoms with E-state index >= 15 is 0 Å². The molecule has 1 aliphatic heterocycles. The molecule has 30 heavy (non-hydrogen) atoms. The van der Waals surface area contributed by atoms with Crippen LogP contribution in [0.25, 0.3) is 33.4 Å². The van der Waals surface area contributed by atoms with Gasteiger partial charge in [-0.1, -0.05) is 24.3 Å². The molecule has 3 heterocycles. The minimum absolute atomic E-state index is 0.00968. The molecule has 0 spiro atoms. The lowest BCUT2D eigenvalue weighted by Crippen LogP contribution is -2.40. The fraction of sp³-hybridized carbons (Fsp3) is 0.174. The van der Waals surface area contributed by atoms with Gasteiger partial charge in [0.2, 0.25) is 0 Å². The largest absolute Gasteiger partial charge is 0.378 e. The van der Waals surface area contributed by atoms with E-state index in [-0.39, 0.29) is 11.7 Å². The molecule has 2 aromatic heterocycles. The van der Waals surface area contributed by atoms with E-state index in [9.17, 15) is 9.18 Å². The normalized spacial score (nSPS) is 14.2. The number of morpholine rings is 1. The number of hydrogen-bond donors (Lipinski definition) is 1. The molecule has 4 aromatic rings. The van der Waals surface area contributed by atoms with Crippen molar-refractivity contribution >= 4 is 16.9 Å². The van der Waals surface area contributed by atoms with Crippen molar-refractivity contribution in [3.05, 3.63) is 72.2 Å². The fourth-order valence-electron chi connectivity index (χ4n) is 3.70. The first-order valence-electron chi connectivity index (χ1n) is 9.77. The quantitative estimate of drug-likeness (QED) is 0.564. The predicted molar refractivity (Wildman–Crippen MR) is 111 cm³/mol. The number of pyridine rings is 1. The highest BCUT2D eigenvalue weighted by atomic mass is 19.1. The lowest BCUT2D eigenvalue weighted by molar-refractivity contribution is 0.0303. The van der Waals surface area contributed by atoms with Crippen molar-refractivity contribution in [1.82, 2.24) is 20.1 Å². The maximum atomic E-state index is 14.3. The summed E-state index contributed by atoms with van der Waals surface area (Å²) in [7, 11) is 0. The van der Waals surface area contributed by atoms with Crippen LogP contribution in [-0.4, -0.2) is 52.3 Å². The van der Waals surface area contributed by atoms with Crippen LogP contribution in [0.4, 0.5) is 4.39 Å². The van der Waals surface area contributed by atoms with Gasteiger partial charge < -0.3 is 9.64 Å². The number of aromatic nitrogens is 3. The zero-order valence-corrected chi connectivity index (χ0v) is 16.1. The molecule has 1 fully saturated rings. The maximum Gasteiger partial charge on any atom is 0.254 e. The summed E-state index contributed by atoms with van der Waals surface area (Å²) in [5, 5.41) is 7.86. The molecular formula is C23H19FN4O2. The van der Waals surface area contributed by atoms with Gasteiger partial charge in [-0.15, -0.1) is 0 Å². The Labute approximate surface area is 172 Å². The highest BCUT2D eigenvalue weighted by Gasteiger charge is 2.19. The number of hydrogen-bond acceptors (Lipinski definition) is 4. The standard InChI is InChI=1S/C23H19FN4O2/c24-20-7-2-1-6-18(20)21-19-13-17(14-25-22(19)27-26-21)15-4-3-5-16(12-15)23(29)28-8-10-30-11-9-28/h1-7,12-14H,8-11H2,(H,25,26,27). The Bertz CT molecular complexity index is 1230. The number of halogens is 1. The SMILES string of the molecule is O=C(c1cccc(-c2cnc3[nH]nc(-c4ccccc4F)c3c2)c1)N1CCOCC1. The van der Waals surface area contributed by atoms with Crippen LogP contribution < -0.4 is 0 Å². The van der Waals surface area contributed by atoms with Gasteiger partial charge in [0.15, 0.2) is 5.65 Å². The fourth-order valence-corrected chi connectivity index (χ4v) is 3.70. The molecule has 0 radical (unpaired) electrons. The molecule has 2 aromatic carbocycles. The molecule has 0 bridgehead atoms. The van der Waals surface area contributed by atoms with Crippen LogP contribution >= 0.6 is 0 Å². The number of carbonyl (C=O) groups excluding carboxylic acids is 1. The number of H-pyrrole nitrogens is 1. The van der Waals surface area contributed by atoms with Gasteiger partial charge in [-0.25, -0.2) is 9.37 Å². The molecule has 0 saturated carbocycles. The van der Waals surface area contributed by atoms with Crippen molar-refractivity contribution in [3.8, 4) is 22.4 Å². The van der Waals surface area contributed by atoms with E-state index in [1.54, 1.807) is 29.3 Å². The number of amides is 1.